The molecule has 3 aromatic carbocycles. The second-order valence-corrected chi connectivity index (χ2v) is 11.4. The minimum atomic E-state index is -1.79. The molecule has 14 heteroatoms. The lowest BCUT2D eigenvalue weighted by atomic mass is 9.93. The third-order valence-electron chi connectivity index (χ3n) is 7.76. The summed E-state index contributed by atoms with van der Waals surface area (Å²) in [5.41, 5.74) is 0.228. The highest BCUT2D eigenvalue weighted by Crippen LogP contribution is 2.30. The predicted octanol–water partition coefficient (Wildman–Crippen LogP) is 3.88. The van der Waals surface area contributed by atoms with Gasteiger partial charge >= 0.3 is 29.8 Å². The number of methoxy groups -OCH3 is 1. The number of carbonyl (C=O) groups is 6. The molecule has 272 valence electrons. The van der Waals surface area contributed by atoms with Gasteiger partial charge in [-0.05, 0) is 48.5 Å². The Kier molecular flexibility index (Phi) is 12.6. The zero-order valence-electron chi connectivity index (χ0n) is 28.5. The molecule has 0 aliphatic carbocycles. The molecule has 1 amide bonds. The first kappa shape index (κ1) is 37.4. The van der Waals surface area contributed by atoms with E-state index in [-0.39, 0.29) is 22.4 Å². The van der Waals surface area contributed by atoms with E-state index in [1.54, 1.807) is 60.7 Å². The van der Waals surface area contributed by atoms with Crippen LogP contribution in [0.1, 0.15) is 48.5 Å². The maximum atomic E-state index is 13.7. The second-order valence-electron chi connectivity index (χ2n) is 11.4. The first-order valence-electron chi connectivity index (χ1n) is 16.2. The summed E-state index contributed by atoms with van der Waals surface area (Å²) in [6, 6.07) is 26.7. The predicted molar refractivity (Wildman–Crippen MR) is 184 cm³/mol. The van der Waals surface area contributed by atoms with Crippen LogP contribution in [0.5, 0.6) is 0 Å². The molecule has 1 aromatic heterocycles. The Morgan fingerprint density at radius 3 is 1.81 bits per heavy atom. The topological polar surface area (TPSA) is 183 Å². The molecule has 1 aliphatic rings. The molecule has 14 nitrogen and oxygen atoms in total. The van der Waals surface area contributed by atoms with Crippen molar-refractivity contribution in [1.29, 1.82) is 0 Å². The van der Waals surface area contributed by atoms with Crippen molar-refractivity contribution < 1.29 is 57.2 Å². The fraction of sp³-hybridized carbons (Fsp3) is 0.205. The SMILES string of the molecule is COC(=O)C1=C[C@H](OC(=O)c2ccccc2)[C@@H](NC(C)=O)[C@@H]([C@@H](OC(=O)c2ccccn2)[C@@H](COC(=O)c2ccccc2)OC(=O)c2ccccc2)O1. The molecule has 0 radical (unpaired) electrons. The van der Waals surface area contributed by atoms with Gasteiger partial charge in [-0.15, -0.1) is 0 Å². The smallest absolute Gasteiger partial charge is 0.373 e. The molecule has 5 atom stereocenters. The van der Waals surface area contributed by atoms with E-state index in [2.05, 4.69) is 10.3 Å². The molecule has 0 saturated carbocycles. The summed E-state index contributed by atoms with van der Waals surface area (Å²) in [6.45, 7) is 0.459. The van der Waals surface area contributed by atoms with Crippen LogP contribution in [0.15, 0.2) is 127 Å². The van der Waals surface area contributed by atoms with Crippen molar-refractivity contribution in [2.45, 2.75) is 37.4 Å². The number of pyridine rings is 1. The van der Waals surface area contributed by atoms with Crippen LogP contribution in [0.4, 0.5) is 0 Å². The Balaban J connectivity index is 1.61. The van der Waals surface area contributed by atoms with Crippen molar-refractivity contribution in [2.75, 3.05) is 13.7 Å². The number of ether oxygens (including phenoxy) is 6. The highest BCUT2D eigenvalue weighted by molar-refractivity contribution is 5.91. The summed E-state index contributed by atoms with van der Waals surface area (Å²) < 4.78 is 34.2. The first-order chi connectivity index (χ1) is 25.6. The highest BCUT2D eigenvalue weighted by atomic mass is 16.6. The number of hydrogen-bond acceptors (Lipinski definition) is 13. The average molecular weight is 723 g/mol. The van der Waals surface area contributed by atoms with E-state index in [9.17, 15) is 28.8 Å². The first-order valence-corrected chi connectivity index (χ1v) is 16.2. The van der Waals surface area contributed by atoms with Gasteiger partial charge in [0.2, 0.25) is 11.7 Å². The highest BCUT2D eigenvalue weighted by Gasteiger charge is 2.50. The van der Waals surface area contributed by atoms with Crippen molar-refractivity contribution in [1.82, 2.24) is 10.3 Å². The van der Waals surface area contributed by atoms with Gasteiger partial charge in [0.1, 0.15) is 24.4 Å². The monoisotopic (exact) mass is 722 g/mol. The van der Waals surface area contributed by atoms with E-state index in [1.807, 2.05) is 0 Å². The van der Waals surface area contributed by atoms with Gasteiger partial charge in [-0.25, -0.2) is 29.0 Å². The molecule has 1 N–H and O–H groups in total. The van der Waals surface area contributed by atoms with E-state index in [4.69, 9.17) is 28.4 Å². The maximum Gasteiger partial charge on any atom is 0.373 e. The zero-order chi connectivity index (χ0) is 37.7. The average Bonchev–Trinajstić information content (AvgIpc) is 3.19. The van der Waals surface area contributed by atoms with Crippen LogP contribution in [0.2, 0.25) is 0 Å². The fourth-order valence-electron chi connectivity index (χ4n) is 5.27. The third-order valence-corrected chi connectivity index (χ3v) is 7.76. The fourth-order valence-corrected chi connectivity index (χ4v) is 5.27. The Hall–Kier alpha value is -6.83. The Labute approximate surface area is 303 Å². The minimum absolute atomic E-state index is 0.0921. The van der Waals surface area contributed by atoms with Gasteiger partial charge < -0.3 is 33.7 Å². The molecule has 0 bridgehead atoms. The third kappa shape index (κ3) is 9.91. The molecule has 1 aliphatic heterocycles. The second kappa shape index (κ2) is 17.9. The number of carbonyl (C=O) groups excluding carboxylic acids is 6. The summed E-state index contributed by atoms with van der Waals surface area (Å²) in [7, 11) is 1.08. The number of hydrogen-bond donors (Lipinski definition) is 1. The summed E-state index contributed by atoms with van der Waals surface area (Å²) >= 11 is 0. The minimum Gasteiger partial charge on any atom is -0.477 e. The molecule has 53 heavy (non-hydrogen) atoms. The number of amides is 1. The molecule has 0 saturated heterocycles. The van der Waals surface area contributed by atoms with Gasteiger partial charge in [-0.1, -0.05) is 60.7 Å². The molecule has 0 fully saturated rings. The van der Waals surface area contributed by atoms with Crippen molar-refractivity contribution in [3.63, 3.8) is 0 Å². The summed E-state index contributed by atoms with van der Waals surface area (Å²) in [5, 5.41) is 2.65. The van der Waals surface area contributed by atoms with Crippen LogP contribution in [-0.2, 0) is 38.0 Å². The van der Waals surface area contributed by atoms with Crippen molar-refractivity contribution >= 4 is 35.8 Å². The van der Waals surface area contributed by atoms with Gasteiger partial charge in [-0.3, -0.25) is 4.79 Å². The number of rotatable bonds is 13. The van der Waals surface area contributed by atoms with Gasteiger partial charge in [0.15, 0.2) is 18.3 Å². The number of benzene rings is 3. The van der Waals surface area contributed by atoms with E-state index in [0.717, 1.165) is 13.2 Å². The standard InChI is InChI=1S/C39H34N2O12/c1-24(42)41-32-29(51-36(44)26-16-8-4-9-17-26)22-30(39(47)48-2)50-34(32)33(53-38(46)28-20-12-13-21-40-28)31(52-37(45)27-18-10-5-11-19-27)23-49-35(43)25-14-6-3-7-15-25/h3-22,29,31-34H,23H2,1-2H3,(H,41,42)/t29-,31+,32+,33-,34-/m0/s1. The number of esters is 5. The van der Waals surface area contributed by atoms with Crippen LogP contribution in [0.3, 0.4) is 0 Å². The Morgan fingerprint density at radius 2 is 1.26 bits per heavy atom. The largest absolute Gasteiger partial charge is 0.477 e. The summed E-state index contributed by atoms with van der Waals surface area (Å²) in [6.07, 6.45) is -4.11. The quantitative estimate of drug-likeness (QED) is 0.155. The van der Waals surface area contributed by atoms with Crippen LogP contribution in [0.25, 0.3) is 0 Å². The number of nitrogens with zero attached hydrogens (tertiary/aromatic N) is 1. The van der Waals surface area contributed by atoms with Crippen LogP contribution >= 0.6 is 0 Å². The molecular weight excluding hydrogens is 688 g/mol. The number of nitrogens with one attached hydrogen (secondary N) is 1. The van der Waals surface area contributed by atoms with Gasteiger partial charge in [0.05, 0.1) is 23.8 Å². The van der Waals surface area contributed by atoms with Crippen LogP contribution in [0, 0.1) is 0 Å². The normalized spacial score (nSPS) is 17.3. The molecule has 5 rings (SSSR count). The van der Waals surface area contributed by atoms with E-state index < -0.39 is 78.6 Å². The molecule has 0 spiro atoms. The Morgan fingerprint density at radius 1 is 0.698 bits per heavy atom. The molecule has 4 aromatic rings. The zero-order valence-corrected chi connectivity index (χ0v) is 28.5. The lowest BCUT2D eigenvalue weighted by molar-refractivity contribution is -0.153. The number of aromatic nitrogens is 1. The molecule has 2 heterocycles. The van der Waals surface area contributed by atoms with E-state index >= 15 is 0 Å². The van der Waals surface area contributed by atoms with Gasteiger partial charge in [-0.2, -0.15) is 0 Å². The Bertz CT molecular complexity index is 1940. The van der Waals surface area contributed by atoms with Gasteiger partial charge in [0, 0.05) is 19.2 Å². The summed E-state index contributed by atoms with van der Waals surface area (Å²) in [4.78, 5) is 83.5. The van der Waals surface area contributed by atoms with E-state index in [0.29, 0.717) is 0 Å². The van der Waals surface area contributed by atoms with Gasteiger partial charge in [0.25, 0.3) is 0 Å². The lowest BCUT2D eigenvalue weighted by Gasteiger charge is -2.41. The molecular formula is C39H34N2O12. The van der Waals surface area contributed by atoms with Crippen LogP contribution in [-0.4, -0.2) is 84.9 Å². The van der Waals surface area contributed by atoms with Crippen molar-refractivity contribution in [3.05, 3.63) is 150 Å². The van der Waals surface area contributed by atoms with Crippen molar-refractivity contribution in [3.8, 4) is 0 Å². The summed E-state index contributed by atoms with van der Waals surface area (Å²) in [5.74, 6) is -5.73. The van der Waals surface area contributed by atoms with Crippen LogP contribution < -0.4 is 5.32 Å². The van der Waals surface area contributed by atoms with E-state index in [1.165, 1.54) is 61.7 Å². The maximum absolute atomic E-state index is 13.7. The molecule has 0 unspecified atom stereocenters. The lowest BCUT2D eigenvalue weighted by Crippen LogP contribution is -2.62. The van der Waals surface area contributed by atoms with Crippen molar-refractivity contribution in [2.24, 2.45) is 0 Å².